The number of hydrogen-bond donors (Lipinski definition) is 0. The van der Waals surface area contributed by atoms with Crippen LogP contribution in [0.5, 0.6) is 11.5 Å². The zero-order chi connectivity index (χ0) is 23.2. The number of benzene rings is 2. The van der Waals surface area contributed by atoms with Crippen LogP contribution in [0.25, 0.3) is 0 Å². The number of carbonyl (C=O) groups excluding carboxylic acids is 4. The van der Waals surface area contributed by atoms with Gasteiger partial charge in [-0.3, -0.25) is 24.1 Å². The van der Waals surface area contributed by atoms with Gasteiger partial charge in [-0.05, 0) is 36.8 Å². The van der Waals surface area contributed by atoms with E-state index in [1.54, 1.807) is 54.5 Å². The normalized spacial score (nSPS) is 21.3. The second-order valence-corrected chi connectivity index (χ2v) is 8.72. The summed E-state index contributed by atoms with van der Waals surface area (Å²) in [5, 5.41) is 0. The minimum atomic E-state index is -0.711. The van der Waals surface area contributed by atoms with Crippen molar-refractivity contribution in [3.63, 3.8) is 0 Å². The third-order valence-corrected chi connectivity index (χ3v) is 6.62. The number of nitrogens with zero attached hydrogens (tertiary/aromatic N) is 2. The van der Waals surface area contributed by atoms with Gasteiger partial charge in [-0.25, -0.2) is 0 Å². The molecule has 3 aliphatic rings. The highest BCUT2D eigenvalue weighted by molar-refractivity contribution is 6.21. The zero-order valence-electron chi connectivity index (χ0n) is 18.3. The number of ether oxygens (including phenoxy) is 2. The fourth-order valence-corrected chi connectivity index (χ4v) is 4.87. The Morgan fingerprint density at radius 3 is 2.48 bits per heavy atom. The number of rotatable bonds is 5. The van der Waals surface area contributed by atoms with E-state index in [9.17, 15) is 19.2 Å². The Bertz CT molecular complexity index is 1140. The summed E-state index contributed by atoms with van der Waals surface area (Å²) in [5.41, 5.74) is 0.613. The lowest BCUT2D eigenvalue weighted by molar-refractivity contribution is -0.131. The summed E-state index contributed by atoms with van der Waals surface area (Å²) in [4.78, 5) is 53.4. The Kier molecular flexibility index (Phi) is 5.15. The van der Waals surface area contributed by atoms with E-state index in [2.05, 4.69) is 0 Å². The molecule has 2 aromatic rings. The molecule has 8 nitrogen and oxygen atoms in total. The first-order valence-corrected chi connectivity index (χ1v) is 11.0. The molecule has 1 atom stereocenters. The SMILES string of the molecule is COc1ccc2c(c1)C(=O)CC1(CCN(C(=O)CCCN3C(=O)c4ccccc4C3=O)C1)O2. The number of imide groups is 1. The van der Waals surface area contributed by atoms with Crippen LogP contribution >= 0.6 is 0 Å². The van der Waals surface area contributed by atoms with Crippen molar-refractivity contribution in [2.24, 2.45) is 0 Å². The summed E-state index contributed by atoms with van der Waals surface area (Å²) in [6.45, 7) is 1.04. The fourth-order valence-electron chi connectivity index (χ4n) is 4.87. The first-order chi connectivity index (χ1) is 15.9. The van der Waals surface area contributed by atoms with Gasteiger partial charge in [-0.1, -0.05) is 12.1 Å². The maximum atomic E-state index is 12.8. The van der Waals surface area contributed by atoms with E-state index < -0.39 is 5.60 Å². The third-order valence-electron chi connectivity index (χ3n) is 6.62. The molecule has 1 spiro atoms. The van der Waals surface area contributed by atoms with Crippen LogP contribution in [-0.4, -0.2) is 65.6 Å². The molecular formula is C25H24N2O6. The standard InChI is InChI=1S/C25H24N2O6/c1-32-16-8-9-21-19(13-16)20(28)14-25(33-21)10-12-26(15-25)22(29)7-4-11-27-23(30)17-5-2-3-6-18(17)24(27)31/h2-3,5-6,8-9,13H,4,7,10-12,14-15H2,1H3. The smallest absolute Gasteiger partial charge is 0.261 e. The van der Waals surface area contributed by atoms with Gasteiger partial charge in [-0.2, -0.15) is 0 Å². The predicted octanol–water partition coefficient (Wildman–Crippen LogP) is 2.71. The zero-order valence-corrected chi connectivity index (χ0v) is 18.3. The Morgan fingerprint density at radius 1 is 1.06 bits per heavy atom. The Labute approximate surface area is 191 Å². The predicted molar refractivity (Wildman–Crippen MR) is 118 cm³/mol. The van der Waals surface area contributed by atoms with Crippen molar-refractivity contribution in [3.8, 4) is 11.5 Å². The molecule has 1 fully saturated rings. The molecular weight excluding hydrogens is 424 g/mol. The van der Waals surface area contributed by atoms with E-state index in [0.29, 0.717) is 54.1 Å². The molecule has 0 aliphatic carbocycles. The maximum Gasteiger partial charge on any atom is 0.261 e. The Morgan fingerprint density at radius 2 is 1.79 bits per heavy atom. The van der Waals surface area contributed by atoms with Crippen molar-refractivity contribution in [3.05, 3.63) is 59.2 Å². The molecule has 8 heteroatoms. The molecule has 0 aromatic heterocycles. The Balaban J connectivity index is 1.18. The molecule has 0 radical (unpaired) electrons. The van der Waals surface area contributed by atoms with Crippen LogP contribution < -0.4 is 9.47 Å². The topological polar surface area (TPSA) is 93.2 Å². The van der Waals surface area contributed by atoms with E-state index >= 15 is 0 Å². The highest BCUT2D eigenvalue weighted by Crippen LogP contribution is 2.40. The van der Waals surface area contributed by atoms with Gasteiger partial charge >= 0.3 is 0 Å². The van der Waals surface area contributed by atoms with Gasteiger partial charge in [0.1, 0.15) is 17.1 Å². The van der Waals surface area contributed by atoms with E-state index in [-0.39, 0.29) is 42.9 Å². The quantitative estimate of drug-likeness (QED) is 0.653. The van der Waals surface area contributed by atoms with Crippen LogP contribution in [0.1, 0.15) is 56.8 Å². The number of ketones is 1. The summed E-state index contributed by atoms with van der Waals surface area (Å²) >= 11 is 0. The average molecular weight is 448 g/mol. The number of amides is 3. The second-order valence-electron chi connectivity index (χ2n) is 8.72. The largest absolute Gasteiger partial charge is 0.497 e. The monoisotopic (exact) mass is 448 g/mol. The summed E-state index contributed by atoms with van der Waals surface area (Å²) in [7, 11) is 1.55. The molecule has 0 saturated carbocycles. The van der Waals surface area contributed by atoms with Gasteiger partial charge in [0.2, 0.25) is 5.91 Å². The van der Waals surface area contributed by atoms with Crippen LogP contribution in [0.15, 0.2) is 42.5 Å². The van der Waals surface area contributed by atoms with Crippen LogP contribution in [0, 0.1) is 0 Å². The number of hydrogen-bond acceptors (Lipinski definition) is 6. The highest BCUT2D eigenvalue weighted by Gasteiger charge is 2.47. The minimum absolute atomic E-state index is 0.0185. The van der Waals surface area contributed by atoms with Crippen molar-refractivity contribution < 1.29 is 28.7 Å². The van der Waals surface area contributed by atoms with Gasteiger partial charge < -0.3 is 14.4 Å². The van der Waals surface area contributed by atoms with Gasteiger partial charge in [0.15, 0.2) is 5.78 Å². The van der Waals surface area contributed by atoms with Crippen molar-refractivity contribution in [2.75, 3.05) is 26.7 Å². The molecule has 3 amide bonds. The number of likely N-dealkylation sites (tertiary alicyclic amines) is 1. The highest BCUT2D eigenvalue weighted by atomic mass is 16.5. The number of methoxy groups -OCH3 is 1. The Hall–Kier alpha value is -3.68. The minimum Gasteiger partial charge on any atom is -0.497 e. The van der Waals surface area contributed by atoms with E-state index in [0.717, 1.165) is 0 Å². The summed E-state index contributed by atoms with van der Waals surface area (Å²) in [6.07, 6.45) is 1.39. The van der Waals surface area contributed by atoms with Crippen molar-refractivity contribution >= 4 is 23.5 Å². The van der Waals surface area contributed by atoms with E-state index in [1.807, 2.05) is 0 Å². The van der Waals surface area contributed by atoms with Crippen molar-refractivity contribution in [2.45, 2.75) is 31.3 Å². The van der Waals surface area contributed by atoms with Gasteiger partial charge in [0.25, 0.3) is 11.8 Å². The summed E-state index contributed by atoms with van der Waals surface area (Å²) in [5.74, 6) is 0.408. The molecule has 3 heterocycles. The van der Waals surface area contributed by atoms with Crippen LogP contribution in [-0.2, 0) is 4.79 Å². The molecule has 1 unspecified atom stereocenters. The maximum absolute atomic E-state index is 12.8. The van der Waals surface area contributed by atoms with Crippen LogP contribution in [0.3, 0.4) is 0 Å². The van der Waals surface area contributed by atoms with Crippen LogP contribution in [0.4, 0.5) is 0 Å². The van der Waals surface area contributed by atoms with Gasteiger partial charge in [0, 0.05) is 25.9 Å². The molecule has 5 rings (SSSR count). The van der Waals surface area contributed by atoms with Crippen molar-refractivity contribution in [1.82, 2.24) is 9.80 Å². The lowest BCUT2D eigenvalue weighted by atomic mass is 9.89. The number of Topliss-reactive ketones (excluding diaryl/α,β-unsaturated/α-hetero) is 1. The molecule has 33 heavy (non-hydrogen) atoms. The first kappa shape index (κ1) is 21.2. The molecule has 170 valence electrons. The first-order valence-electron chi connectivity index (χ1n) is 11.0. The summed E-state index contributed by atoms with van der Waals surface area (Å²) in [6, 6.07) is 11.9. The lowest BCUT2D eigenvalue weighted by Gasteiger charge is -2.34. The third kappa shape index (κ3) is 3.65. The fraction of sp³-hybridized carbons (Fsp3) is 0.360. The molecule has 2 aromatic carbocycles. The van der Waals surface area contributed by atoms with Gasteiger partial charge in [0.05, 0.1) is 36.8 Å². The molecule has 1 saturated heterocycles. The molecule has 3 aliphatic heterocycles. The number of fused-ring (bicyclic) bond motifs is 2. The van der Waals surface area contributed by atoms with Gasteiger partial charge in [-0.15, -0.1) is 0 Å². The number of carbonyl (C=O) groups is 4. The van der Waals surface area contributed by atoms with Crippen molar-refractivity contribution in [1.29, 1.82) is 0 Å². The molecule has 0 N–H and O–H groups in total. The molecule has 0 bridgehead atoms. The lowest BCUT2D eigenvalue weighted by Crippen LogP contribution is -2.45. The van der Waals surface area contributed by atoms with E-state index in [1.165, 1.54) is 4.90 Å². The van der Waals surface area contributed by atoms with Crippen LogP contribution in [0.2, 0.25) is 0 Å². The average Bonchev–Trinajstić information content (AvgIpc) is 3.33. The second kappa shape index (κ2) is 8.03. The summed E-state index contributed by atoms with van der Waals surface area (Å²) < 4.78 is 11.4. The van der Waals surface area contributed by atoms with E-state index in [4.69, 9.17) is 9.47 Å².